The van der Waals surface area contributed by atoms with E-state index >= 15 is 0 Å². The van der Waals surface area contributed by atoms with Crippen LogP contribution in [0.3, 0.4) is 0 Å². The molecule has 0 aromatic heterocycles. The van der Waals surface area contributed by atoms with E-state index in [4.69, 9.17) is 5.11 Å². The zero-order valence-electron chi connectivity index (χ0n) is 11.0. The van der Waals surface area contributed by atoms with Crippen molar-refractivity contribution in [3.8, 4) is 0 Å². The third-order valence-corrected chi connectivity index (χ3v) is 3.65. The van der Waals surface area contributed by atoms with Crippen molar-refractivity contribution in [3.63, 3.8) is 0 Å². The van der Waals surface area contributed by atoms with E-state index in [1.807, 2.05) is 0 Å². The van der Waals surface area contributed by atoms with Crippen molar-refractivity contribution in [1.29, 1.82) is 0 Å². The number of hydrogen-bond acceptors (Lipinski definition) is 2. The third kappa shape index (κ3) is 2.79. The quantitative estimate of drug-likeness (QED) is 0.906. The predicted octanol–water partition coefficient (Wildman–Crippen LogP) is 2.29. The van der Waals surface area contributed by atoms with Gasteiger partial charge in [0.1, 0.15) is 11.6 Å². The van der Waals surface area contributed by atoms with Crippen molar-refractivity contribution in [2.75, 3.05) is 6.54 Å². The number of amides is 1. The normalized spacial score (nSPS) is 22.6. The number of carbonyl (C=O) groups is 2. The molecule has 0 spiro atoms. The first-order valence-corrected chi connectivity index (χ1v) is 6.39. The Morgan fingerprint density at radius 2 is 2.05 bits per heavy atom. The highest BCUT2D eigenvalue weighted by Gasteiger charge is 2.33. The van der Waals surface area contributed by atoms with E-state index < -0.39 is 29.4 Å². The number of hydrogen-bond donors (Lipinski definition) is 1. The number of nitrogens with zero attached hydrogens (tertiary/aromatic N) is 1. The second-order valence-electron chi connectivity index (χ2n) is 5.03. The minimum absolute atomic E-state index is 0.229. The van der Waals surface area contributed by atoms with Crippen molar-refractivity contribution in [2.45, 2.75) is 25.8 Å². The lowest BCUT2D eigenvalue weighted by molar-refractivity contribution is -0.143. The van der Waals surface area contributed by atoms with Crippen LogP contribution in [0.4, 0.5) is 8.78 Å². The number of carboxylic acid groups (broad SMARTS) is 1. The Kier molecular flexibility index (Phi) is 4.01. The maximum Gasteiger partial charge on any atom is 0.306 e. The highest BCUT2D eigenvalue weighted by Crippen LogP contribution is 2.25. The predicted molar refractivity (Wildman–Crippen MR) is 67.2 cm³/mol. The van der Waals surface area contributed by atoms with Crippen molar-refractivity contribution < 1.29 is 23.5 Å². The standard InChI is InChI=1S/C14H15F2NO3/c1-8-6-9(14(19)20)4-5-17(8)13(18)11-7-10(15)2-3-12(11)16/h2-3,7-9H,4-6H2,1H3,(H,19,20). The van der Waals surface area contributed by atoms with E-state index in [0.717, 1.165) is 18.2 Å². The summed E-state index contributed by atoms with van der Waals surface area (Å²) in [7, 11) is 0. The van der Waals surface area contributed by atoms with Gasteiger partial charge in [-0.2, -0.15) is 0 Å². The zero-order chi connectivity index (χ0) is 14.9. The van der Waals surface area contributed by atoms with Crippen LogP contribution >= 0.6 is 0 Å². The van der Waals surface area contributed by atoms with Gasteiger partial charge in [-0.05, 0) is 38.0 Å². The topological polar surface area (TPSA) is 57.6 Å². The number of benzene rings is 1. The number of halogens is 2. The second-order valence-corrected chi connectivity index (χ2v) is 5.03. The Balaban J connectivity index is 2.18. The molecule has 1 N–H and O–H groups in total. The van der Waals surface area contributed by atoms with E-state index in [2.05, 4.69) is 0 Å². The Morgan fingerprint density at radius 1 is 1.35 bits per heavy atom. The number of carbonyl (C=O) groups excluding carboxylic acids is 1. The van der Waals surface area contributed by atoms with Gasteiger partial charge in [0, 0.05) is 12.6 Å². The molecule has 20 heavy (non-hydrogen) atoms. The first kappa shape index (κ1) is 14.4. The summed E-state index contributed by atoms with van der Waals surface area (Å²) in [6.07, 6.45) is 0.639. The molecule has 1 saturated heterocycles. The van der Waals surface area contributed by atoms with Gasteiger partial charge in [-0.25, -0.2) is 8.78 Å². The molecule has 0 aliphatic carbocycles. The summed E-state index contributed by atoms with van der Waals surface area (Å²) in [5.41, 5.74) is -0.314. The molecule has 108 valence electrons. The summed E-state index contributed by atoms with van der Waals surface area (Å²) in [6.45, 7) is 1.94. The number of likely N-dealkylation sites (tertiary alicyclic amines) is 1. The molecule has 0 bridgehead atoms. The van der Waals surface area contributed by atoms with Crippen LogP contribution in [0.1, 0.15) is 30.1 Å². The summed E-state index contributed by atoms with van der Waals surface area (Å²) in [6, 6.07) is 2.41. The van der Waals surface area contributed by atoms with Gasteiger partial charge in [0.25, 0.3) is 5.91 Å². The molecule has 1 amide bonds. The summed E-state index contributed by atoms with van der Waals surface area (Å²) in [5, 5.41) is 8.97. The third-order valence-electron chi connectivity index (χ3n) is 3.65. The smallest absolute Gasteiger partial charge is 0.306 e. The largest absolute Gasteiger partial charge is 0.481 e. The summed E-state index contributed by atoms with van der Waals surface area (Å²) in [4.78, 5) is 24.6. The Labute approximate surface area is 115 Å². The van der Waals surface area contributed by atoms with E-state index in [1.165, 1.54) is 4.90 Å². The fourth-order valence-corrected chi connectivity index (χ4v) is 2.51. The number of piperidine rings is 1. The summed E-state index contributed by atoms with van der Waals surface area (Å²) < 4.78 is 26.7. The van der Waals surface area contributed by atoms with E-state index in [9.17, 15) is 18.4 Å². The lowest BCUT2D eigenvalue weighted by atomic mass is 9.91. The van der Waals surface area contributed by atoms with Gasteiger partial charge in [0.05, 0.1) is 11.5 Å². The van der Waals surface area contributed by atoms with E-state index in [1.54, 1.807) is 6.92 Å². The Morgan fingerprint density at radius 3 is 2.65 bits per heavy atom. The van der Waals surface area contributed by atoms with E-state index in [-0.39, 0.29) is 18.2 Å². The molecule has 2 unspecified atom stereocenters. The molecule has 1 heterocycles. The fourth-order valence-electron chi connectivity index (χ4n) is 2.51. The molecule has 4 nitrogen and oxygen atoms in total. The lowest BCUT2D eigenvalue weighted by Crippen LogP contribution is -2.46. The van der Waals surface area contributed by atoms with Crippen LogP contribution < -0.4 is 0 Å². The van der Waals surface area contributed by atoms with Crippen LogP contribution in [0, 0.1) is 17.6 Å². The lowest BCUT2D eigenvalue weighted by Gasteiger charge is -2.36. The molecule has 1 aromatic rings. The van der Waals surface area contributed by atoms with Crippen molar-refractivity contribution in [3.05, 3.63) is 35.4 Å². The summed E-state index contributed by atoms with van der Waals surface area (Å²) in [5.74, 6) is -3.43. The van der Waals surface area contributed by atoms with Gasteiger partial charge < -0.3 is 10.0 Å². The Hall–Kier alpha value is -1.98. The van der Waals surface area contributed by atoms with Gasteiger partial charge in [-0.1, -0.05) is 0 Å². The second kappa shape index (κ2) is 5.56. The first-order chi connectivity index (χ1) is 9.40. The molecule has 2 rings (SSSR count). The monoisotopic (exact) mass is 283 g/mol. The molecule has 1 aliphatic heterocycles. The van der Waals surface area contributed by atoms with Gasteiger partial charge in [0.2, 0.25) is 0 Å². The van der Waals surface area contributed by atoms with Crippen LogP contribution in [0.15, 0.2) is 18.2 Å². The van der Waals surface area contributed by atoms with Gasteiger partial charge in [-0.15, -0.1) is 0 Å². The first-order valence-electron chi connectivity index (χ1n) is 6.39. The maximum absolute atomic E-state index is 13.6. The number of aliphatic carboxylic acids is 1. The highest BCUT2D eigenvalue weighted by molar-refractivity contribution is 5.94. The molecule has 1 aromatic carbocycles. The van der Waals surface area contributed by atoms with Crippen LogP contribution in [0.2, 0.25) is 0 Å². The highest BCUT2D eigenvalue weighted by atomic mass is 19.1. The number of rotatable bonds is 2. The molecular formula is C14H15F2NO3. The summed E-state index contributed by atoms with van der Waals surface area (Å²) >= 11 is 0. The maximum atomic E-state index is 13.6. The molecule has 0 saturated carbocycles. The molecule has 0 radical (unpaired) electrons. The molecule has 6 heteroatoms. The van der Waals surface area contributed by atoms with Crippen molar-refractivity contribution in [2.24, 2.45) is 5.92 Å². The van der Waals surface area contributed by atoms with E-state index in [0.29, 0.717) is 12.8 Å². The van der Waals surface area contributed by atoms with Gasteiger partial charge in [-0.3, -0.25) is 9.59 Å². The minimum Gasteiger partial charge on any atom is -0.481 e. The minimum atomic E-state index is -0.888. The van der Waals surface area contributed by atoms with Gasteiger partial charge in [0.15, 0.2) is 0 Å². The van der Waals surface area contributed by atoms with Crippen molar-refractivity contribution in [1.82, 2.24) is 4.90 Å². The van der Waals surface area contributed by atoms with Crippen molar-refractivity contribution >= 4 is 11.9 Å². The van der Waals surface area contributed by atoms with Crippen LogP contribution in [0.5, 0.6) is 0 Å². The van der Waals surface area contributed by atoms with Crippen LogP contribution in [-0.4, -0.2) is 34.5 Å². The molecular weight excluding hydrogens is 268 g/mol. The fraction of sp³-hybridized carbons (Fsp3) is 0.429. The molecule has 2 atom stereocenters. The SMILES string of the molecule is CC1CC(C(=O)O)CCN1C(=O)c1cc(F)ccc1F. The molecule has 1 aliphatic rings. The van der Waals surface area contributed by atoms with Crippen LogP contribution in [0.25, 0.3) is 0 Å². The Bertz CT molecular complexity index is 547. The van der Waals surface area contributed by atoms with Crippen LogP contribution in [-0.2, 0) is 4.79 Å². The average molecular weight is 283 g/mol. The average Bonchev–Trinajstić information content (AvgIpc) is 2.40. The van der Waals surface area contributed by atoms with Gasteiger partial charge >= 0.3 is 5.97 Å². The molecule has 1 fully saturated rings. The number of carboxylic acids is 1. The zero-order valence-corrected chi connectivity index (χ0v) is 11.0.